The van der Waals surface area contributed by atoms with Gasteiger partial charge in [-0.3, -0.25) is 9.80 Å². The lowest BCUT2D eigenvalue weighted by molar-refractivity contribution is -0.129. The van der Waals surface area contributed by atoms with Gasteiger partial charge < -0.3 is 4.74 Å². The molecule has 1 aromatic rings. The fourth-order valence-corrected chi connectivity index (χ4v) is 5.81. The van der Waals surface area contributed by atoms with Crippen LogP contribution in [0.25, 0.3) is 0 Å². The Balaban J connectivity index is 1.73. The summed E-state index contributed by atoms with van der Waals surface area (Å²) < 4.78 is 5.56. The third kappa shape index (κ3) is 2.55. The van der Waals surface area contributed by atoms with Gasteiger partial charge >= 0.3 is 0 Å². The third-order valence-electron chi connectivity index (χ3n) is 7.10. The van der Waals surface area contributed by atoms with Crippen molar-refractivity contribution >= 4 is 11.5 Å². The maximum Gasteiger partial charge on any atom is 0.146 e. The van der Waals surface area contributed by atoms with Crippen LogP contribution in [-0.2, 0) is 11.2 Å². The summed E-state index contributed by atoms with van der Waals surface area (Å²) in [6.07, 6.45) is 6.13. The zero-order valence-corrected chi connectivity index (χ0v) is 16.3. The summed E-state index contributed by atoms with van der Waals surface area (Å²) in [6, 6.07) is 4.28. The van der Waals surface area contributed by atoms with Crippen LogP contribution in [-0.4, -0.2) is 32.0 Å². The van der Waals surface area contributed by atoms with Gasteiger partial charge in [0.15, 0.2) is 0 Å². The highest BCUT2D eigenvalue weighted by atomic mass is 16.5. The second kappa shape index (κ2) is 6.36. The van der Waals surface area contributed by atoms with E-state index in [1.807, 2.05) is 20.2 Å². The highest BCUT2D eigenvalue weighted by Gasteiger charge is 2.54. The van der Waals surface area contributed by atoms with Gasteiger partial charge in [0.2, 0.25) is 0 Å². The van der Waals surface area contributed by atoms with Crippen molar-refractivity contribution in [3.05, 3.63) is 23.3 Å². The van der Waals surface area contributed by atoms with E-state index in [1.165, 1.54) is 11.1 Å². The molecule has 0 unspecified atom stereocenters. The molecule has 3 aliphatic carbocycles. The minimum Gasteiger partial charge on any atom is -0.494 e. The van der Waals surface area contributed by atoms with E-state index in [9.17, 15) is 4.79 Å². The number of Topliss-reactive ketones (excluding diaryl/α,β-unsaturated/α-hetero) is 1. The lowest BCUT2D eigenvalue weighted by atomic mass is 9.55. The number of hydrogen-bond donors (Lipinski definition) is 0. The number of fused-ring (bicyclic) bond motifs is 5. The molecule has 0 amide bonds. The molecule has 0 saturated heterocycles. The van der Waals surface area contributed by atoms with Gasteiger partial charge in [0.25, 0.3) is 0 Å². The number of carbonyl (C=O) groups is 1. The van der Waals surface area contributed by atoms with Crippen LogP contribution >= 0.6 is 0 Å². The maximum atomic E-state index is 12.5. The second-order valence-electron chi connectivity index (χ2n) is 8.55. The molecule has 2 saturated carbocycles. The Kier molecular flexibility index (Phi) is 4.28. The first kappa shape index (κ1) is 17.5. The standard InChI is InChI=1S/C21H29N3O2/c1-21-12-11-14-13-7-9-18(26-4)20(22-23-24(2)3)16(13)6-5-15(14)17(21)8-10-19(21)25/h7,9,14-15,17H,5-6,8,10-12H2,1-4H3/t14-,15-,17+,21+/m1/s1. The van der Waals surface area contributed by atoms with E-state index in [2.05, 4.69) is 23.3 Å². The molecule has 0 bridgehead atoms. The van der Waals surface area contributed by atoms with Crippen molar-refractivity contribution in [1.82, 2.24) is 5.01 Å². The Hall–Kier alpha value is -1.91. The molecule has 2 fully saturated rings. The quantitative estimate of drug-likeness (QED) is 0.584. The maximum absolute atomic E-state index is 12.5. The van der Waals surface area contributed by atoms with Crippen molar-refractivity contribution in [3.63, 3.8) is 0 Å². The van der Waals surface area contributed by atoms with E-state index in [0.29, 0.717) is 23.5 Å². The smallest absolute Gasteiger partial charge is 0.146 e. The van der Waals surface area contributed by atoms with Crippen LogP contribution in [0.3, 0.4) is 0 Å². The summed E-state index contributed by atoms with van der Waals surface area (Å²) in [5.74, 6) is 3.02. The van der Waals surface area contributed by atoms with E-state index in [1.54, 1.807) is 12.1 Å². The zero-order chi connectivity index (χ0) is 18.5. The first-order valence-electron chi connectivity index (χ1n) is 9.77. The number of methoxy groups -OCH3 is 1. The molecule has 0 heterocycles. The van der Waals surface area contributed by atoms with Crippen LogP contribution in [0.4, 0.5) is 5.69 Å². The number of benzene rings is 1. The SMILES string of the molecule is COc1ccc2c(c1N=NN(C)C)CC[C@@H]1[C@@H]2CC[C@]2(C)C(=O)CC[C@@H]12. The molecule has 3 aliphatic rings. The molecular weight excluding hydrogens is 326 g/mol. The van der Waals surface area contributed by atoms with E-state index in [4.69, 9.17) is 4.74 Å². The molecule has 1 aromatic carbocycles. The van der Waals surface area contributed by atoms with Gasteiger partial charge in [-0.1, -0.05) is 18.2 Å². The van der Waals surface area contributed by atoms with Crippen molar-refractivity contribution in [1.29, 1.82) is 0 Å². The van der Waals surface area contributed by atoms with Crippen molar-refractivity contribution < 1.29 is 9.53 Å². The molecule has 0 spiro atoms. The molecule has 5 nitrogen and oxygen atoms in total. The van der Waals surface area contributed by atoms with Gasteiger partial charge in [-0.2, -0.15) is 0 Å². The number of hydrogen-bond acceptors (Lipinski definition) is 4. The minimum absolute atomic E-state index is 0.0708. The van der Waals surface area contributed by atoms with Gasteiger partial charge in [0.05, 0.1) is 7.11 Å². The van der Waals surface area contributed by atoms with Crippen LogP contribution in [0.15, 0.2) is 22.5 Å². The lowest BCUT2D eigenvalue weighted by Crippen LogP contribution is -2.42. The fraction of sp³-hybridized carbons (Fsp3) is 0.667. The average Bonchev–Trinajstić information content (AvgIpc) is 2.94. The van der Waals surface area contributed by atoms with E-state index in [0.717, 1.165) is 50.0 Å². The minimum atomic E-state index is -0.0708. The summed E-state index contributed by atoms with van der Waals surface area (Å²) >= 11 is 0. The van der Waals surface area contributed by atoms with E-state index < -0.39 is 0 Å². The van der Waals surface area contributed by atoms with Crippen molar-refractivity contribution in [2.75, 3.05) is 21.2 Å². The van der Waals surface area contributed by atoms with Gasteiger partial charge in [-0.25, -0.2) is 0 Å². The van der Waals surface area contributed by atoms with Crippen LogP contribution in [0, 0.1) is 17.3 Å². The normalized spacial score (nSPS) is 32.9. The average molecular weight is 355 g/mol. The molecule has 4 rings (SSSR count). The number of nitrogens with zero attached hydrogens (tertiary/aromatic N) is 3. The third-order valence-corrected chi connectivity index (χ3v) is 7.10. The Labute approximate surface area is 155 Å². The van der Waals surface area contributed by atoms with E-state index in [-0.39, 0.29) is 5.41 Å². The summed E-state index contributed by atoms with van der Waals surface area (Å²) in [4.78, 5) is 12.5. The summed E-state index contributed by atoms with van der Waals surface area (Å²) in [7, 11) is 5.44. The molecule has 26 heavy (non-hydrogen) atoms. The highest BCUT2D eigenvalue weighted by Crippen LogP contribution is 2.60. The van der Waals surface area contributed by atoms with Crippen LogP contribution in [0.5, 0.6) is 5.75 Å². The highest BCUT2D eigenvalue weighted by molar-refractivity contribution is 5.87. The topological polar surface area (TPSA) is 54.3 Å². The van der Waals surface area contributed by atoms with Crippen LogP contribution in [0.2, 0.25) is 0 Å². The molecule has 4 atom stereocenters. The summed E-state index contributed by atoms with van der Waals surface area (Å²) in [5, 5.41) is 10.4. The van der Waals surface area contributed by atoms with Gasteiger partial charge in [-0.15, -0.1) is 5.11 Å². The van der Waals surface area contributed by atoms with Crippen molar-refractivity contribution in [2.45, 2.75) is 51.4 Å². The molecular formula is C21H29N3O2. The number of carbonyl (C=O) groups excluding carboxylic acids is 1. The Morgan fingerprint density at radius 3 is 2.73 bits per heavy atom. The fourth-order valence-electron chi connectivity index (χ4n) is 5.81. The molecule has 0 N–H and O–H groups in total. The molecule has 0 aromatic heterocycles. The number of ketones is 1. The first-order chi connectivity index (χ1) is 12.5. The first-order valence-corrected chi connectivity index (χ1v) is 9.77. The number of ether oxygens (including phenoxy) is 1. The monoisotopic (exact) mass is 355 g/mol. The molecule has 5 heteroatoms. The van der Waals surface area contributed by atoms with Crippen LogP contribution in [0.1, 0.15) is 56.1 Å². The Morgan fingerprint density at radius 2 is 2.00 bits per heavy atom. The predicted molar refractivity (Wildman–Crippen MR) is 101 cm³/mol. The Morgan fingerprint density at radius 1 is 1.19 bits per heavy atom. The predicted octanol–water partition coefficient (Wildman–Crippen LogP) is 4.68. The van der Waals surface area contributed by atoms with Gasteiger partial charge in [-0.05, 0) is 67.1 Å². The zero-order valence-electron chi connectivity index (χ0n) is 16.3. The molecule has 0 aliphatic heterocycles. The summed E-state index contributed by atoms with van der Waals surface area (Å²) in [5.41, 5.74) is 3.52. The van der Waals surface area contributed by atoms with Gasteiger partial charge in [0.1, 0.15) is 17.2 Å². The van der Waals surface area contributed by atoms with E-state index >= 15 is 0 Å². The van der Waals surface area contributed by atoms with Crippen LogP contribution < -0.4 is 4.74 Å². The van der Waals surface area contributed by atoms with Gasteiger partial charge in [0, 0.05) is 25.9 Å². The number of rotatable bonds is 3. The lowest BCUT2D eigenvalue weighted by Gasteiger charge is -2.48. The Bertz CT molecular complexity index is 758. The molecule has 0 radical (unpaired) electrons. The molecule has 140 valence electrons. The van der Waals surface area contributed by atoms with Crippen molar-refractivity contribution in [2.24, 2.45) is 27.6 Å². The largest absolute Gasteiger partial charge is 0.494 e. The summed E-state index contributed by atoms with van der Waals surface area (Å²) in [6.45, 7) is 2.23. The second-order valence-corrected chi connectivity index (χ2v) is 8.55. The van der Waals surface area contributed by atoms with Crippen molar-refractivity contribution in [3.8, 4) is 5.75 Å².